The summed E-state index contributed by atoms with van der Waals surface area (Å²) in [6, 6.07) is 6.04. The summed E-state index contributed by atoms with van der Waals surface area (Å²) in [5.74, 6) is -0.135. The lowest BCUT2D eigenvalue weighted by molar-refractivity contribution is -0.129. The van der Waals surface area contributed by atoms with Crippen LogP contribution in [0.4, 0.5) is 0 Å². The van der Waals surface area contributed by atoms with E-state index in [1.54, 1.807) is 10.8 Å². The van der Waals surface area contributed by atoms with Crippen LogP contribution in [0.3, 0.4) is 0 Å². The maximum absolute atomic E-state index is 12.9. The van der Waals surface area contributed by atoms with Gasteiger partial charge in [-0.2, -0.15) is 0 Å². The molecule has 1 aliphatic heterocycles. The third-order valence-electron chi connectivity index (χ3n) is 4.74. The quantitative estimate of drug-likeness (QED) is 0.859. The molecule has 1 amide bonds. The van der Waals surface area contributed by atoms with Crippen molar-refractivity contribution in [3.63, 3.8) is 0 Å². The lowest BCUT2D eigenvalue weighted by Crippen LogP contribution is -2.37. The van der Waals surface area contributed by atoms with Crippen molar-refractivity contribution in [2.75, 3.05) is 6.54 Å². The Bertz CT molecular complexity index is 656. The standard InChI is InChI=1S/C18H25N3O2/c1-13(2)19-16-9-5-6-10-20(16)18(23)14-11-17(22)21(12-14)15-7-3-4-8-15/h5-6,9-10,13-15H,3-4,7-8,11-12H2,1-2H3. The molecule has 0 spiro atoms. The number of likely N-dealkylation sites (tertiary alicyclic amines) is 1. The van der Waals surface area contributed by atoms with Gasteiger partial charge in [0.2, 0.25) is 11.8 Å². The number of pyridine rings is 1. The lowest BCUT2D eigenvalue weighted by atomic mass is 10.1. The molecule has 1 saturated heterocycles. The first-order chi connectivity index (χ1) is 11.1. The van der Waals surface area contributed by atoms with Gasteiger partial charge in [-0.05, 0) is 38.8 Å². The molecule has 1 aromatic heterocycles. The molecule has 0 bridgehead atoms. The Kier molecular flexibility index (Phi) is 4.64. The molecule has 1 aromatic rings. The summed E-state index contributed by atoms with van der Waals surface area (Å²) < 4.78 is 1.61. The number of hydrogen-bond donors (Lipinski definition) is 0. The molecule has 0 aromatic carbocycles. The Hall–Kier alpha value is -1.91. The molecule has 1 aliphatic carbocycles. The number of carbonyl (C=O) groups excluding carboxylic acids is 2. The largest absolute Gasteiger partial charge is 0.339 e. The number of carbonyl (C=O) groups is 2. The topological polar surface area (TPSA) is 54.7 Å². The molecular formula is C18H25N3O2. The average molecular weight is 315 g/mol. The highest BCUT2D eigenvalue weighted by Gasteiger charge is 2.39. The van der Waals surface area contributed by atoms with Gasteiger partial charge in [-0.15, -0.1) is 0 Å². The number of hydrogen-bond acceptors (Lipinski definition) is 3. The van der Waals surface area contributed by atoms with Crippen molar-refractivity contribution < 1.29 is 9.59 Å². The van der Waals surface area contributed by atoms with Crippen molar-refractivity contribution >= 4 is 11.8 Å². The van der Waals surface area contributed by atoms with Crippen molar-refractivity contribution in [3.8, 4) is 0 Å². The molecule has 3 rings (SSSR count). The molecule has 5 heteroatoms. The Morgan fingerprint density at radius 3 is 2.70 bits per heavy atom. The van der Waals surface area contributed by atoms with Crippen molar-refractivity contribution in [1.82, 2.24) is 9.47 Å². The van der Waals surface area contributed by atoms with E-state index in [1.807, 2.05) is 36.9 Å². The van der Waals surface area contributed by atoms with E-state index in [0.29, 0.717) is 24.5 Å². The lowest BCUT2D eigenvalue weighted by Gasteiger charge is -2.24. The fourth-order valence-corrected chi connectivity index (χ4v) is 3.65. The Labute approximate surface area is 137 Å². The number of nitrogens with zero attached hydrogens (tertiary/aromatic N) is 3. The van der Waals surface area contributed by atoms with E-state index in [9.17, 15) is 9.59 Å². The summed E-state index contributed by atoms with van der Waals surface area (Å²) in [6.07, 6.45) is 6.64. The van der Waals surface area contributed by atoms with Gasteiger partial charge in [0.1, 0.15) is 5.49 Å². The summed E-state index contributed by atoms with van der Waals surface area (Å²) in [4.78, 5) is 31.6. The van der Waals surface area contributed by atoms with Gasteiger partial charge in [0, 0.05) is 31.2 Å². The average Bonchev–Trinajstić information content (AvgIpc) is 3.15. The van der Waals surface area contributed by atoms with Crippen LogP contribution < -0.4 is 5.49 Å². The SMILES string of the molecule is CC(C)N=c1ccccn1C(=O)C1CC(=O)N(C2CCCC2)C1. The number of rotatable bonds is 3. The first kappa shape index (κ1) is 16.0. The maximum Gasteiger partial charge on any atom is 0.237 e. The van der Waals surface area contributed by atoms with E-state index in [1.165, 1.54) is 12.8 Å². The van der Waals surface area contributed by atoms with Crippen LogP contribution in [-0.2, 0) is 4.79 Å². The zero-order chi connectivity index (χ0) is 16.4. The van der Waals surface area contributed by atoms with Gasteiger partial charge in [-0.1, -0.05) is 18.9 Å². The second-order valence-electron chi connectivity index (χ2n) is 6.88. The van der Waals surface area contributed by atoms with Crippen LogP contribution in [0.5, 0.6) is 0 Å². The van der Waals surface area contributed by atoms with Gasteiger partial charge in [-0.25, -0.2) is 0 Å². The van der Waals surface area contributed by atoms with Crippen LogP contribution in [0.25, 0.3) is 0 Å². The molecule has 0 radical (unpaired) electrons. The Balaban J connectivity index is 1.81. The van der Waals surface area contributed by atoms with Crippen LogP contribution in [0, 0.1) is 5.92 Å². The molecular weight excluding hydrogens is 290 g/mol. The summed E-state index contributed by atoms with van der Waals surface area (Å²) in [6.45, 7) is 4.54. The molecule has 2 aliphatic rings. The molecule has 1 unspecified atom stereocenters. The summed E-state index contributed by atoms with van der Waals surface area (Å²) in [5.41, 5.74) is 0.666. The highest BCUT2D eigenvalue weighted by atomic mass is 16.2. The third kappa shape index (κ3) is 3.38. The zero-order valence-electron chi connectivity index (χ0n) is 13.9. The molecule has 1 atom stereocenters. The smallest absolute Gasteiger partial charge is 0.237 e. The molecule has 23 heavy (non-hydrogen) atoms. The van der Waals surface area contributed by atoms with Gasteiger partial charge in [0.25, 0.3) is 0 Å². The van der Waals surface area contributed by atoms with E-state index in [2.05, 4.69) is 4.99 Å². The van der Waals surface area contributed by atoms with Crippen molar-refractivity contribution in [2.24, 2.45) is 10.9 Å². The summed E-state index contributed by atoms with van der Waals surface area (Å²) >= 11 is 0. The van der Waals surface area contributed by atoms with Gasteiger partial charge in [-0.3, -0.25) is 19.1 Å². The molecule has 0 N–H and O–H groups in total. The highest BCUT2D eigenvalue weighted by molar-refractivity contribution is 5.90. The predicted octanol–water partition coefficient (Wildman–Crippen LogP) is 2.23. The minimum atomic E-state index is -0.253. The van der Waals surface area contributed by atoms with Crippen molar-refractivity contribution in [2.45, 2.75) is 58.0 Å². The molecule has 2 fully saturated rings. The van der Waals surface area contributed by atoms with Crippen molar-refractivity contribution in [3.05, 3.63) is 29.9 Å². The summed E-state index contributed by atoms with van der Waals surface area (Å²) in [7, 11) is 0. The first-order valence-corrected chi connectivity index (χ1v) is 8.61. The van der Waals surface area contributed by atoms with Gasteiger partial charge >= 0.3 is 0 Å². The second kappa shape index (κ2) is 6.69. The van der Waals surface area contributed by atoms with Crippen LogP contribution >= 0.6 is 0 Å². The van der Waals surface area contributed by atoms with E-state index in [0.717, 1.165) is 12.8 Å². The van der Waals surface area contributed by atoms with Gasteiger partial charge in [0.05, 0.1) is 5.92 Å². The van der Waals surface area contributed by atoms with Crippen molar-refractivity contribution in [1.29, 1.82) is 0 Å². The second-order valence-corrected chi connectivity index (χ2v) is 6.88. The fraction of sp³-hybridized carbons (Fsp3) is 0.611. The summed E-state index contributed by atoms with van der Waals surface area (Å²) in [5, 5.41) is 0. The Morgan fingerprint density at radius 1 is 1.26 bits per heavy atom. The van der Waals surface area contributed by atoms with E-state index in [-0.39, 0.29) is 23.8 Å². The molecule has 1 saturated carbocycles. The van der Waals surface area contributed by atoms with E-state index < -0.39 is 0 Å². The van der Waals surface area contributed by atoms with Crippen LogP contribution in [-0.4, -0.2) is 39.9 Å². The normalized spacial score (nSPS) is 23.3. The number of amides is 1. The highest BCUT2D eigenvalue weighted by Crippen LogP contribution is 2.29. The number of aromatic nitrogens is 1. The molecule has 124 valence electrons. The molecule has 5 nitrogen and oxygen atoms in total. The minimum absolute atomic E-state index is 0.0150. The van der Waals surface area contributed by atoms with Gasteiger partial charge < -0.3 is 4.90 Å². The van der Waals surface area contributed by atoms with E-state index in [4.69, 9.17) is 0 Å². The monoisotopic (exact) mass is 315 g/mol. The third-order valence-corrected chi connectivity index (χ3v) is 4.74. The molecule has 2 heterocycles. The van der Waals surface area contributed by atoms with Crippen LogP contribution in [0.1, 0.15) is 50.7 Å². The Morgan fingerprint density at radius 2 is 2.00 bits per heavy atom. The first-order valence-electron chi connectivity index (χ1n) is 8.61. The zero-order valence-corrected chi connectivity index (χ0v) is 13.9. The van der Waals surface area contributed by atoms with Crippen LogP contribution in [0.15, 0.2) is 29.4 Å². The van der Waals surface area contributed by atoms with Crippen LogP contribution in [0.2, 0.25) is 0 Å². The fourth-order valence-electron chi connectivity index (χ4n) is 3.65. The van der Waals surface area contributed by atoms with Gasteiger partial charge in [0.15, 0.2) is 0 Å². The van der Waals surface area contributed by atoms with E-state index >= 15 is 0 Å². The predicted molar refractivity (Wildman–Crippen MR) is 87.8 cm³/mol. The maximum atomic E-state index is 12.9. The minimum Gasteiger partial charge on any atom is -0.339 e.